The molecule has 0 nitrogen and oxygen atoms in total. The number of allylic oxidation sites excluding steroid dienone is 1. The standard InChI is InChI=1S/C20H20S2/c1-3-9-16(10-4-1)21-19-15-20(14-8-7-13-18(19)20)22-17-11-5-2-6-12-17/h1-6,9-12,15,18H,7-8,13-14H2. The van der Waals surface area contributed by atoms with Gasteiger partial charge in [0.25, 0.3) is 0 Å². The van der Waals surface area contributed by atoms with Crippen LogP contribution in [0.5, 0.6) is 0 Å². The second-order valence-electron chi connectivity index (χ2n) is 6.13. The molecule has 2 aromatic rings. The first-order valence-corrected chi connectivity index (χ1v) is 9.69. The van der Waals surface area contributed by atoms with Crippen molar-refractivity contribution >= 4 is 23.5 Å². The Labute approximate surface area is 141 Å². The van der Waals surface area contributed by atoms with Crippen LogP contribution < -0.4 is 0 Å². The molecule has 0 bridgehead atoms. The Kier molecular flexibility index (Phi) is 4.06. The van der Waals surface area contributed by atoms with Crippen molar-refractivity contribution in [1.29, 1.82) is 0 Å². The zero-order valence-corrected chi connectivity index (χ0v) is 14.2. The van der Waals surface area contributed by atoms with Gasteiger partial charge >= 0.3 is 0 Å². The van der Waals surface area contributed by atoms with E-state index < -0.39 is 0 Å². The Hall–Kier alpha value is -1.12. The van der Waals surface area contributed by atoms with Gasteiger partial charge in [-0.1, -0.05) is 67.1 Å². The smallest absolute Gasteiger partial charge is 0.0470 e. The lowest BCUT2D eigenvalue weighted by molar-refractivity contribution is 0.332. The Bertz CT molecular complexity index is 663. The van der Waals surface area contributed by atoms with Crippen LogP contribution in [0.4, 0.5) is 0 Å². The first-order chi connectivity index (χ1) is 10.9. The molecular weight excluding hydrogens is 304 g/mol. The zero-order chi connectivity index (χ0) is 14.8. The van der Waals surface area contributed by atoms with E-state index in [-0.39, 0.29) is 0 Å². The molecule has 2 atom stereocenters. The molecule has 2 heteroatoms. The van der Waals surface area contributed by atoms with Gasteiger partial charge in [0, 0.05) is 20.5 Å². The molecular formula is C20H20S2. The molecule has 1 saturated carbocycles. The average molecular weight is 325 g/mol. The number of fused-ring (bicyclic) bond motifs is 1. The van der Waals surface area contributed by atoms with Crippen LogP contribution in [0.1, 0.15) is 25.7 Å². The maximum Gasteiger partial charge on any atom is 0.0470 e. The summed E-state index contributed by atoms with van der Waals surface area (Å²) in [4.78, 5) is 4.38. The second kappa shape index (κ2) is 6.17. The summed E-state index contributed by atoms with van der Waals surface area (Å²) in [5.41, 5.74) is 0. The molecule has 0 spiro atoms. The maximum atomic E-state index is 2.56. The third kappa shape index (κ3) is 2.75. The highest BCUT2D eigenvalue weighted by atomic mass is 32.2. The summed E-state index contributed by atoms with van der Waals surface area (Å²) in [5, 5.41) is 0. The van der Waals surface area contributed by atoms with E-state index >= 15 is 0 Å². The van der Waals surface area contributed by atoms with Gasteiger partial charge in [0.15, 0.2) is 0 Å². The minimum atomic E-state index is 0.358. The first kappa shape index (κ1) is 14.5. The first-order valence-electron chi connectivity index (χ1n) is 8.05. The summed E-state index contributed by atoms with van der Waals surface area (Å²) in [6.07, 6.45) is 8.00. The summed E-state index contributed by atoms with van der Waals surface area (Å²) < 4.78 is 0.358. The molecule has 0 radical (unpaired) electrons. The number of hydrogen-bond donors (Lipinski definition) is 0. The van der Waals surface area contributed by atoms with Crippen LogP contribution in [0.15, 0.2) is 81.4 Å². The minimum Gasteiger partial charge on any atom is -0.114 e. The monoisotopic (exact) mass is 324 g/mol. The quantitative estimate of drug-likeness (QED) is 0.638. The highest BCUT2D eigenvalue weighted by molar-refractivity contribution is 8.04. The van der Waals surface area contributed by atoms with Crippen molar-refractivity contribution in [3.8, 4) is 0 Å². The Morgan fingerprint density at radius 1 is 0.818 bits per heavy atom. The largest absolute Gasteiger partial charge is 0.114 e. The van der Waals surface area contributed by atoms with Crippen LogP contribution in [0, 0.1) is 5.92 Å². The molecule has 2 aliphatic rings. The molecule has 112 valence electrons. The van der Waals surface area contributed by atoms with Crippen molar-refractivity contribution in [2.45, 2.75) is 40.2 Å². The SMILES string of the molecule is C1=C(Sc2ccccc2)C2CCCCC12Sc1ccccc1. The van der Waals surface area contributed by atoms with Crippen LogP contribution >= 0.6 is 23.5 Å². The number of hydrogen-bond acceptors (Lipinski definition) is 2. The van der Waals surface area contributed by atoms with E-state index in [2.05, 4.69) is 78.5 Å². The fourth-order valence-corrected chi connectivity index (χ4v) is 6.56. The maximum absolute atomic E-state index is 2.56. The Morgan fingerprint density at radius 2 is 1.50 bits per heavy atom. The van der Waals surface area contributed by atoms with Crippen LogP contribution in [0.3, 0.4) is 0 Å². The lowest BCUT2D eigenvalue weighted by atomic mass is 9.71. The predicted molar refractivity (Wildman–Crippen MR) is 97.4 cm³/mol. The molecule has 2 unspecified atom stereocenters. The topological polar surface area (TPSA) is 0 Å². The molecule has 2 aromatic carbocycles. The van der Waals surface area contributed by atoms with Gasteiger partial charge in [-0.05, 0) is 42.0 Å². The van der Waals surface area contributed by atoms with Crippen molar-refractivity contribution in [1.82, 2.24) is 0 Å². The normalized spacial score (nSPS) is 26.7. The molecule has 2 aliphatic carbocycles. The molecule has 0 aromatic heterocycles. The van der Waals surface area contributed by atoms with Gasteiger partial charge in [0.1, 0.15) is 0 Å². The second-order valence-corrected chi connectivity index (χ2v) is 8.71. The summed E-state index contributed by atoms with van der Waals surface area (Å²) in [5.74, 6) is 0.747. The molecule has 0 saturated heterocycles. The summed E-state index contributed by atoms with van der Waals surface area (Å²) >= 11 is 4.06. The fraction of sp³-hybridized carbons (Fsp3) is 0.300. The third-order valence-corrected chi connectivity index (χ3v) is 7.30. The predicted octanol–water partition coefficient (Wildman–Crippen LogP) is 6.40. The third-order valence-electron chi connectivity index (χ3n) is 4.66. The summed E-state index contributed by atoms with van der Waals surface area (Å²) in [6, 6.07) is 21.7. The van der Waals surface area contributed by atoms with Crippen LogP contribution in [-0.4, -0.2) is 4.75 Å². The van der Waals surface area contributed by atoms with E-state index in [0.29, 0.717) is 4.75 Å². The van der Waals surface area contributed by atoms with Gasteiger partial charge in [-0.3, -0.25) is 0 Å². The van der Waals surface area contributed by atoms with Crippen LogP contribution in [0.25, 0.3) is 0 Å². The molecule has 22 heavy (non-hydrogen) atoms. The Balaban J connectivity index is 1.56. The van der Waals surface area contributed by atoms with Crippen molar-refractivity contribution < 1.29 is 0 Å². The molecule has 0 aliphatic heterocycles. The average Bonchev–Trinajstić information content (AvgIpc) is 2.55. The van der Waals surface area contributed by atoms with E-state index in [4.69, 9.17) is 0 Å². The van der Waals surface area contributed by atoms with Gasteiger partial charge in [0.2, 0.25) is 0 Å². The fourth-order valence-electron chi connectivity index (χ4n) is 3.55. The van der Waals surface area contributed by atoms with E-state index in [1.165, 1.54) is 35.5 Å². The van der Waals surface area contributed by atoms with Crippen molar-refractivity contribution in [3.63, 3.8) is 0 Å². The summed E-state index contributed by atoms with van der Waals surface area (Å²) in [7, 11) is 0. The minimum absolute atomic E-state index is 0.358. The number of thioether (sulfide) groups is 2. The van der Waals surface area contributed by atoms with Crippen LogP contribution in [0.2, 0.25) is 0 Å². The van der Waals surface area contributed by atoms with Gasteiger partial charge in [-0.25, -0.2) is 0 Å². The van der Waals surface area contributed by atoms with Crippen molar-refractivity contribution in [2.24, 2.45) is 5.92 Å². The molecule has 1 fully saturated rings. The molecule has 0 heterocycles. The molecule has 4 rings (SSSR count). The highest BCUT2D eigenvalue weighted by Crippen LogP contribution is 2.60. The lowest BCUT2D eigenvalue weighted by Gasteiger charge is -2.50. The zero-order valence-electron chi connectivity index (χ0n) is 12.6. The lowest BCUT2D eigenvalue weighted by Crippen LogP contribution is -2.43. The molecule has 0 N–H and O–H groups in total. The highest BCUT2D eigenvalue weighted by Gasteiger charge is 2.49. The van der Waals surface area contributed by atoms with Gasteiger partial charge < -0.3 is 0 Å². The molecule has 0 amide bonds. The van der Waals surface area contributed by atoms with Crippen molar-refractivity contribution in [2.75, 3.05) is 0 Å². The van der Waals surface area contributed by atoms with Gasteiger partial charge in [0.05, 0.1) is 0 Å². The van der Waals surface area contributed by atoms with Gasteiger partial charge in [-0.2, -0.15) is 0 Å². The van der Waals surface area contributed by atoms with E-state index in [1.807, 2.05) is 11.8 Å². The number of benzene rings is 2. The van der Waals surface area contributed by atoms with Gasteiger partial charge in [-0.15, -0.1) is 11.8 Å². The van der Waals surface area contributed by atoms with Crippen LogP contribution in [-0.2, 0) is 0 Å². The Morgan fingerprint density at radius 3 is 2.23 bits per heavy atom. The van der Waals surface area contributed by atoms with E-state index in [1.54, 1.807) is 4.91 Å². The summed E-state index contributed by atoms with van der Waals surface area (Å²) in [6.45, 7) is 0. The number of rotatable bonds is 4. The van der Waals surface area contributed by atoms with E-state index in [9.17, 15) is 0 Å². The van der Waals surface area contributed by atoms with Crippen molar-refractivity contribution in [3.05, 3.63) is 71.6 Å². The van der Waals surface area contributed by atoms with E-state index in [0.717, 1.165) is 5.92 Å².